The van der Waals surface area contributed by atoms with E-state index < -0.39 is 23.5 Å². The van der Waals surface area contributed by atoms with Gasteiger partial charge in [-0.15, -0.1) is 0 Å². The number of hydrazine groups is 1. The topological polar surface area (TPSA) is 111 Å². The van der Waals surface area contributed by atoms with Crippen molar-refractivity contribution in [2.24, 2.45) is 5.84 Å². The van der Waals surface area contributed by atoms with Crippen LogP contribution in [0.5, 0.6) is 0 Å². The van der Waals surface area contributed by atoms with Gasteiger partial charge >= 0.3 is 5.97 Å². The Bertz CT molecular complexity index is 582. The molecule has 146 valence electrons. The average Bonchev–Trinajstić information content (AvgIpc) is 2.55. The third-order valence-corrected chi connectivity index (χ3v) is 3.33. The summed E-state index contributed by atoms with van der Waals surface area (Å²) in [6.07, 6.45) is 0.934. The number of carbonyl (C=O) groups excluding carboxylic acids is 3. The highest BCUT2D eigenvalue weighted by molar-refractivity contribution is 5.87. The summed E-state index contributed by atoms with van der Waals surface area (Å²) >= 11 is 0. The Morgan fingerprint density at radius 1 is 1.12 bits per heavy atom. The van der Waals surface area contributed by atoms with Crippen LogP contribution in [-0.4, -0.2) is 29.4 Å². The molecule has 0 saturated carbocycles. The highest BCUT2D eigenvalue weighted by atomic mass is 16.6. The van der Waals surface area contributed by atoms with Crippen LogP contribution in [0.4, 0.5) is 0 Å². The van der Waals surface area contributed by atoms with Gasteiger partial charge in [-0.25, -0.2) is 5.84 Å². The summed E-state index contributed by atoms with van der Waals surface area (Å²) in [6, 6.07) is 8.69. The summed E-state index contributed by atoms with van der Waals surface area (Å²) < 4.78 is 5.20. The van der Waals surface area contributed by atoms with Crippen molar-refractivity contribution >= 4 is 17.8 Å². The Morgan fingerprint density at radius 3 is 2.27 bits per heavy atom. The number of rotatable bonds is 8. The van der Waals surface area contributed by atoms with E-state index in [1.165, 1.54) is 0 Å². The van der Waals surface area contributed by atoms with Gasteiger partial charge in [0.25, 0.3) is 5.91 Å². The van der Waals surface area contributed by atoms with Gasteiger partial charge in [-0.3, -0.25) is 19.8 Å². The van der Waals surface area contributed by atoms with Gasteiger partial charge in [-0.05, 0) is 39.2 Å². The molecule has 0 bridgehead atoms. The fraction of sp³-hybridized carbons (Fsp3) is 0.526. The van der Waals surface area contributed by atoms with Crippen LogP contribution in [0.2, 0.25) is 0 Å². The van der Waals surface area contributed by atoms with E-state index in [1.54, 1.807) is 20.8 Å². The van der Waals surface area contributed by atoms with Gasteiger partial charge < -0.3 is 10.1 Å². The predicted molar refractivity (Wildman–Crippen MR) is 101 cm³/mol. The molecule has 0 radical (unpaired) electrons. The molecule has 0 saturated heterocycles. The predicted octanol–water partition coefficient (Wildman–Crippen LogP) is 1.85. The van der Waals surface area contributed by atoms with Crippen molar-refractivity contribution in [3.05, 3.63) is 35.9 Å². The van der Waals surface area contributed by atoms with E-state index in [0.717, 1.165) is 5.56 Å². The molecular weight excluding hydrogens is 334 g/mol. The summed E-state index contributed by atoms with van der Waals surface area (Å²) in [4.78, 5) is 35.7. The molecular formula is C19H31N3O4. The molecule has 1 aromatic rings. The van der Waals surface area contributed by atoms with Gasteiger partial charge in [0.1, 0.15) is 11.6 Å². The maximum Gasteiger partial charge on any atom is 0.306 e. The highest BCUT2D eigenvalue weighted by Crippen LogP contribution is 2.10. The first-order valence-electron chi connectivity index (χ1n) is 8.27. The summed E-state index contributed by atoms with van der Waals surface area (Å²) in [5, 5.41) is 2.62. The van der Waals surface area contributed by atoms with E-state index in [4.69, 9.17) is 10.6 Å². The van der Waals surface area contributed by atoms with Crippen LogP contribution in [0.1, 0.15) is 53.0 Å². The number of amides is 2. The molecule has 0 aliphatic rings. The molecule has 7 heteroatoms. The molecule has 26 heavy (non-hydrogen) atoms. The number of nitrogens with two attached hydrogens (primary N) is 1. The molecule has 0 heterocycles. The highest BCUT2D eigenvalue weighted by Gasteiger charge is 2.23. The van der Waals surface area contributed by atoms with Crippen molar-refractivity contribution in [1.82, 2.24) is 10.7 Å². The van der Waals surface area contributed by atoms with Crippen molar-refractivity contribution in [3.63, 3.8) is 0 Å². The van der Waals surface area contributed by atoms with E-state index in [0.29, 0.717) is 6.42 Å². The first-order valence-corrected chi connectivity index (χ1v) is 8.27. The summed E-state index contributed by atoms with van der Waals surface area (Å²) in [7, 11) is 0. The summed E-state index contributed by atoms with van der Waals surface area (Å²) in [6.45, 7) is 5.29. The number of aryl methyl sites for hydroxylation is 1. The van der Waals surface area contributed by atoms with E-state index >= 15 is 0 Å². The van der Waals surface area contributed by atoms with Crippen LogP contribution in [0.15, 0.2) is 30.3 Å². The number of ether oxygens (including phenoxy) is 1. The van der Waals surface area contributed by atoms with E-state index in [2.05, 4.69) is 5.32 Å². The van der Waals surface area contributed by atoms with Crippen LogP contribution in [-0.2, 0) is 25.5 Å². The molecule has 1 atom stereocenters. The number of hydrogen-bond acceptors (Lipinski definition) is 5. The molecule has 1 unspecified atom stereocenters. The van der Waals surface area contributed by atoms with Crippen LogP contribution >= 0.6 is 0 Å². The van der Waals surface area contributed by atoms with Gasteiger partial charge in [0.15, 0.2) is 0 Å². The molecule has 1 rings (SSSR count). The average molecular weight is 365 g/mol. The molecule has 1 aromatic carbocycles. The Balaban J connectivity index is 0.00000625. The third kappa shape index (κ3) is 9.78. The number of hydrogen-bond donors (Lipinski definition) is 3. The van der Waals surface area contributed by atoms with Crippen LogP contribution in [0.3, 0.4) is 0 Å². The largest absolute Gasteiger partial charge is 0.460 e. The molecule has 0 spiro atoms. The molecule has 0 aliphatic heterocycles. The van der Waals surface area contributed by atoms with Gasteiger partial charge in [-0.1, -0.05) is 37.8 Å². The van der Waals surface area contributed by atoms with Crippen molar-refractivity contribution in [1.29, 1.82) is 0 Å². The first-order chi connectivity index (χ1) is 11.7. The zero-order chi connectivity index (χ0) is 18.9. The van der Waals surface area contributed by atoms with E-state index in [9.17, 15) is 14.4 Å². The Hall–Kier alpha value is -2.41. The van der Waals surface area contributed by atoms with Gasteiger partial charge in [0, 0.05) is 12.8 Å². The number of nitrogens with one attached hydrogen (secondary N) is 2. The maximum absolute atomic E-state index is 12.1. The number of esters is 1. The van der Waals surface area contributed by atoms with Gasteiger partial charge in [0.2, 0.25) is 5.91 Å². The SMILES string of the molecule is C.CC(C)(C)OC(=O)CCC(NC(=O)CCc1ccccc1)C(=O)NN. The normalized spacial score (nSPS) is 11.7. The van der Waals surface area contributed by atoms with E-state index in [1.807, 2.05) is 35.8 Å². The summed E-state index contributed by atoms with van der Waals surface area (Å²) in [5.41, 5.74) is 2.45. The minimum absolute atomic E-state index is 0. The lowest BCUT2D eigenvalue weighted by Crippen LogP contribution is -2.49. The second-order valence-corrected chi connectivity index (χ2v) is 6.74. The fourth-order valence-electron chi connectivity index (χ4n) is 2.19. The summed E-state index contributed by atoms with van der Waals surface area (Å²) in [5.74, 6) is 3.90. The van der Waals surface area contributed by atoms with Crippen LogP contribution in [0.25, 0.3) is 0 Å². The maximum atomic E-state index is 12.1. The lowest BCUT2D eigenvalue weighted by Gasteiger charge is -2.21. The van der Waals surface area contributed by atoms with Crippen LogP contribution in [0, 0.1) is 0 Å². The lowest BCUT2D eigenvalue weighted by atomic mass is 10.1. The molecule has 0 fully saturated rings. The molecule has 2 amide bonds. The monoisotopic (exact) mass is 365 g/mol. The van der Waals surface area contributed by atoms with E-state index in [-0.39, 0.29) is 32.6 Å². The second-order valence-electron chi connectivity index (χ2n) is 6.74. The van der Waals surface area contributed by atoms with Crippen molar-refractivity contribution in [2.45, 2.75) is 65.5 Å². The second kappa shape index (κ2) is 11.3. The Kier molecular flexibility index (Phi) is 10.2. The molecule has 4 N–H and O–H groups in total. The molecule has 0 aromatic heterocycles. The van der Waals surface area contributed by atoms with Gasteiger partial charge in [-0.2, -0.15) is 0 Å². The number of carbonyl (C=O) groups is 3. The Labute approximate surface area is 155 Å². The standard InChI is InChI=1S/C18H27N3O4.CH4/c1-18(2,3)25-16(23)12-10-14(17(24)21-19)20-15(22)11-9-13-7-5-4-6-8-13;/h4-8,14H,9-12,19H2,1-3H3,(H,20,22)(H,21,24);1H4. The zero-order valence-corrected chi connectivity index (χ0v) is 15.0. The first kappa shape index (κ1) is 23.6. The minimum Gasteiger partial charge on any atom is -0.460 e. The Morgan fingerprint density at radius 2 is 1.73 bits per heavy atom. The van der Waals surface area contributed by atoms with Crippen molar-refractivity contribution < 1.29 is 19.1 Å². The van der Waals surface area contributed by atoms with Crippen molar-refractivity contribution in [2.75, 3.05) is 0 Å². The molecule has 7 nitrogen and oxygen atoms in total. The quantitative estimate of drug-likeness (QED) is 0.282. The fourth-order valence-corrected chi connectivity index (χ4v) is 2.19. The van der Waals surface area contributed by atoms with Gasteiger partial charge in [0.05, 0.1) is 0 Å². The number of benzene rings is 1. The smallest absolute Gasteiger partial charge is 0.306 e. The van der Waals surface area contributed by atoms with Crippen molar-refractivity contribution in [3.8, 4) is 0 Å². The minimum atomic E-state index is -0.874. The molecule has 0 aliphatic carbocycles. The third-order valence-electron chi connectivity index (χ3n) is 3.33. The zero-order valence-electron chi connectivity index (χ0n) is 15.0. The van der Waals surface area contributed by atoms with Crippen LogP contribution < -0.4 is 16.6 Å². The lowest BCUT2D eigenvalue weighted by molar-refractivity contribution is -0.155.